The van der Waals surface area contributed by atoms with Crippen LogP contribution in [-0.4, -0.2) is 17.0 Å². The molecule has 0 aromatic heterocycles. The van der Waals surface area contributed by atoms with Crippen molar-refractivity contribution in [2.75, 3.05) is 5.32 Å². The Bertz CT molecular complexity index is 1260. The minimum atomic E-state index is -0.957. The van der Waals surface area contributed by atoms with Gasteiger partial charge in [-0.15, -0.1) is 0 Å². The largest absolute Gasteiger partial charge is 0.478 e. The number of benzene rings is 4. The van der Waals surface area contributed by atoms with Gasteiger partial charge in [-0.3, -0.25) is 4.79 Å². The quantitative estimate of drug-likeness (QED) is 0.418. The molecule has 4 aromatic carbocycles. The Morgan fingerprint density at radius 2 is 1.45 bits per heavy atom. The van der Waals surface area contributed by atoms with Gasteiger partial charge in [-0.1, -0.05) is 78.9 Å². The van der Waals surface area contributed by atoms with Crippen molar-refractivity contribution in [3.63, 3.8) is 0 Å². The molecule has 0 fully saturated rings. The number of hydrogen-bond donors (Lipinski definition) is 2. The first-order valence-corrected chi connectivity index (χ1v) is 10.2. The minimum Gasteiger partial charge on any atom is -0.478 e. The fourth-order valence-electron chi connectivity index (χ4n) is 3.89. The highest BCUT2D eigenvalue weighted by Gasteiger charge is 2.19. The third kappa shape index (κ3) is 4.33. The fraction of sp³-hybridized carbons (Fsp3) is 0.111. The van der Waals surface area contributed by atoms with Gasteiger partial charge in [0.1, 0.15) is 0 Å². The lowest BCUT2D eigenvalue weighted by atomic mass is 9.93. The predicted molar refractivity (Wildman–Crippen MR) is 124 cm³/mol. The maximum atomic E-state index is 13.1. The van der Waals surface area contributed by atoms with Crippen molar-refractivity contribution >= 4 is 28.3 Å². The van der Waals surface area contributed by atoms with Gasteiger partial charge in [0.05, 0.1) is 11.5 Å². The average molecular weight is 409 g/mol. The normalized spacial score (nSPS) is 11.8. The van der Waals surface area contributed by atoms with E-state index < -0.39 is 5.97 Å². The highest BCUT2D eigenvalue weighted by molar-refractivity contribution is 5.99. The molecular weight excluding hydrogens is 386 g/mol. The lowest BCUT2D eigenvalue weighted by Crippen LogP contribution is -2.20. The second kappa shape index (κ2) is 8.84. The number of rotatable bonds is 6. The number of carbonyl (C=O) groups excluding carboxylic acids is 1. The second-order valence-electron chi connectivity index (χ2n) is 7.58. The Morgan fingerprint density at radius 1 is 0.806 bits per heavy atom. The van der Waals surface area contributed by atoms with E-state index in [9.17, 15) is 14.7 Å². The predicted octanol–water partition coefficient (Wildman–Crippen LogP) is 5.87. The SMILES string of the molecule is C[C@@H](C(=O)Nc1ccccc1Cc1ccccc1C(=O)O)c1cccc2ccccc12. The van der Waals surface area contributed by atoms with Crippen LogP contribution in [0.4, 0.5) is 5.69 Å². The van der Waals surface area contributed by atoms with E-state index in [4.69, 9.17) is 0 Å². The summed E-state index contributed by atoms with van der Waals surface area (Å²) in [4.78, 5) is 24.7. The molecule has 1 atom stereocenters. The van der Waals surface area contributed by atoms with E-state index in [1.807, 2.05) is 79.7 Å². The van der Waals surface area contributed by atoms with Gasteiger partial charge in [0, 0.05) is 12.1 Å². The van der Waals surface area contributed by atoms with Crippen LogP contribution in [0.15, 0.2) is 91.0 Å². The number of hydrogen-bond acceptors (Lipinski definition) is 2. The number of carboxylic acids is 1. The van der Waals surface area contributed by atoms with Crippen LogP contribution < -0.4 is 5.32 Å². The lowest BCUT2D eigenvalue weighted by molar-refractivity contribution is -0.117. The van der Waals surface area contributed by atoms with Crippen molar-refractivity contribution in [2.45, 2.75) is 19.3 Å². The molecule has 0 aliphatic carbocycles. The maximum absolute atomic E-state index is 13.1. The Balaban J connectivity index is 1.60. The zero-order chi connectivity index (χ0) is 21.8. The van der Waals surface area contributed by atoms with Gasteiger partial charge in [0.15, 0.2) is 0 Å². The third-order valence-electron chi connectivity index (χ3n) is 5.59. The number of carbonyl (C=O) groups is 2. The molecule has 4 nitrogen and oxygen atoms in total. The van der Waals surface area contributed by atoms with Gasteiger partial charge in [0.25, 0.3) is 0 Å². The zero-order valence-electron chi connectivity index (χ0n) is 17.2. The van der Waals surface area contributed by atoms with Crippen LogP contribution in [0.2, 0.25) is 0 Å². The highest BCUT2D eigenvalue weighted by atomic mass is 16.4. The van der Waals surface area contributed by atoms with Crippen LogP contribution in [0.5, 0.6) is 0 Å². The molecule has 0 aliphatic rings. The summed E-state index contributed by atoms with van der Waals surface area (Å²) in [6, 6.07) is 28.5. The van der Waals surface area contributed by atoms with E-state index in [1.54, 1.807) is 18.2 Å². The van der Waals surface area contributed by atoms with Crippen LogP contribution >= 0.6 is 0 Å². The molecule has 0 spiro atoms. The first-order valence-electron chi connectivity index (χ1n) is 10.2. The molecule has 0 heterocycles. The molecule has 0 saturated carbocycles. The van der Waals surface area contributed by atoms with Crippen LogP contribution in [0.1, 0.15) is 39.9 Å². The molecule has 31 heavy (non-hydrogen) atoms. The molecule has 0 unspecified atom stereocenters. The van der Waals surface area contributed by atoms with Gasteiger partial charge in [-0.2, -0.15) is 0 Å². The molecule has 0 bridgehead atoms. The van der Waals surface area contributed by atoms with E-state index in [2.05, 4.69) is 5.32 Å². The van der Waals surface area contributed by atoms with Gasteiger partial charge >= 0.3 is 5.97 Å². The Labute approximate surface area is 181 Å². The number of nitrogens with one attached hydrogen (secondary N) is 1. The summed E-state index contributed by atoms with van der Waals surface area (Å²) in [6.07, 6.45) is 0.418. The minimum absolute atomic E-state index is 0.102. The second-order valence-corrected chi connectivity index (χ2v) is 7.58. The number of amides is 1. The molecule has 0 aliphatic heterocycles. The number of carboxylic acid groups (broad SMARTS) is 1. The van der Waals surface area contributed by atoms with E-state index in [-0.39, 0.29) is 17.4 Å². The molecule has 1 amide bonds. The maximum Gasteiger partial charge on any atom is 0.335 e. The summed E-state index contributed by atoms with van der Waals surface area (Å²) in [6.45, 7) is 1.90. The number of fused-ring (bicyclic) bond motifs is 1. The third-order valence-corrected chi connectivity index (χ3v) is 5.59. The molecule has 4 aromatic rings. The van der Waals surface area contributed by atoms with Crippen molar-refractivity contribution in [2.24, 2.45) is 0 Å². The van der Waals surface area contributed by atoms with Crippen LogP contribution in [0.25, 0.3) is 10.8 Å². The molecular formula is C27H23NO3. The van der Waals surface area contributed by atoms with Crippen LogP contribution in [-0.2, 0) is 11.2 Å². The number of anilines is 1. The van der Waals surface area contributed by atoms with E-state index >= 15 is 0 Å². The molecule has 154 valence electrons. The Morgan fingerprint density at radius 3 is 2.26 bits per heavy atom. The summed E-state index contributed by atoms with van der Waals surface area (Å²) in [5.41, 5.74) is 3.52. The summed E-state index contributed by atoms with van der Waals surface area (Å²) < 4.78 is 0. The lowest BCUT2D eigenvalue weighted by Gasteiger charge is -2.17. The standard InChI is InChI=1S/C27H23NO3/c1-18(22-15-8-12-19-9-2-5-13-23(19)22)26(29)28-25-16-7-4-11-21(25)17-20-10-3-6-14-24(20)27(30)31/h2-16,18H,17H2,1H3,(H,28,29)(H,30,31)/t18-/m1/s1. The smallest absolute Gasteiger partial charge is 0.335 e. The van der Waals surface area contributed by atoms with Crippen LogP contribution in [0, 0.1) is 0 Å². The average Bonchev–Trinajstić information content (AvgIpc) is 2.79. The van der Waals surface area contributed by atoms with Crippen molar-refractivity contribution in [1.29, 1.82) is 0 Å². The summed E-state index contributed by atoms with van der Waals surface area (Å²) in [5, 5.41) is 14.7. The zero-order valence-corrected chi connectivity index (χ0v) is 17.2. The van der Waals surface area contributed by atoms with Gasteiger partial charge in [-0.25, -0.2) is 4.79 Å². The molecule has 0 saturated heterocycles. The van der Waals surface area contributed by atoms with Gasteiger partial charge in [-0.05, 0) is 46.5 Å². The van der Waals surface area contributed by atoms with E-state index in [0.717, 1.165) is 21.9 Å². The van der Waals surface area contributed by atoms with Gasteiger partial charge in [0.2, 0.25) is 5.91 Å². The Hall–Kier alpha value is -3.92. The summed E-state index contributed by atoms with van der Waals surface area (Å²) in [5.74, 6) is -1.40. The van der Waals surface area contributed by atoms with E-state index in [1.165, 1.54) is 0 Å². The van der Waals surface area contributed by atoms with Crippen molar-refractivity contribution < 1.29 is 14.7 Å². The van der Waals surface area contributed by atoms with Crippen molar-refractivity contribution in [3.05, 3.63) is 113 Å². The molecule has 4 heteroatoms. The first kappa shape index (κ1) is 20.4. The van der Waals surface area contributed by atoms with Crippen molar-refractivity contribution in [3.8, 4) is 0 Å². The van der Waals surface area contributed by atoms with Crippen LogP contribution in [0.3, 0.4) is 0 Å². The Kier molecular flexibility index (Phi) is 5.80. The summed E-state index contributed by atoms with van der Waals surface area (Å²) >= 11 is 0. The fourth-order valence-corrected chi connectivity index (χ4v) is 3.89. The van der Waals surface area contributed by atoms with E-state index in [0.29, 0.717) is 17.7 Å². The number of aromatic carboxylic acids is 1. The van der Waals surface area contributed by atoms with Gasteiger partial charge < -0.3 is 10.4 Å². The monoisotopic (exact) mass is 409 g/mol. The molecule has 0 radical (unpaired) electrons. The molecule has 4 rings (SSSR count). The topological polar surface area (TPSA) is 66.4 Å². The molecule has 2 N–H and O–H groups in total. The summed E-state index contributed by atoms with van der Waals surface area (Å²) in [7, 11) is 0. The number of para-hydroxylation sites is 1. The highest BCUT2D eigenvalue weighted by Crippen LogP contribution is 2.28. The van der Waals surface area contributed by atoms with Crippen molar-refractivity contribution in [1.82, 2.24) is 0 Å². The first-order chi connectivity index (χ1) is 15.0.